The van der Waals surface area contributed by atoms with Crippen LogP contribution in [0.3, 0.4) is 0 Å². The summed E-state index contributed by atoms with van der Waals surface area (Å²) in [5.41, 5.74) is 1.00. The Morgan fingerprint density at radius 2 is 2.15 bits per heavy atom. The highest BCUT2D eigenvalue weighted by Gasteiger charge is 2.38. The average Bonchev–Trinajstić information content (AvgIpc) is 3.33. The second-order valence-electron chi connectivity index (χ2n) is 7.35. The fourth-order valence-electron chi connectivity index (χ4n) is 3.95. The Labute approximate surface area is 157 Å². The SMILES string of the molecule is Cc1c(C(=O)N(CC2CCCO2)C2CCS(=O)(=O)C2)oc2ccc(F)cc12. The van der Waals surface area contributed by atoms with E-state index in [-0.39, 0.29) is 29.3 Å². The van der Waals surface area contributed by atoms with E-state index in [1.807, 2.05) is 0 Å². The van der Waals surface area contributed by atoms with Gasteiger partial charge in [-0.2, -0.15) is 0 Å². The monoisotopic (exact) mass is 395 g/mol. The van der Waals surface area contributed by atoms with Crippen LogP contribution in [0, 0.1) is 12.7 Å². The van der Waals surface area contributed by atoms with Gasteiger partial charge in [0.15, 0.2) is 15.6 Å². The minimum absolute atomic E-state index is 0.0423. The Kier molecular flexibility index (Phi) is 4.71. The first-order chi connectivity index (χ1) is 12.8. The van der Waals surface area contributed by atoms with Crippen LogP contribution >= 0.6 is 0 Å². The molecular weight excluding hydrogens is 373 g/mol. The molecule has 8 heteroatoms. The van der Waals surface area contributed by atoms with Crippen LogP contribution in [0.5, 0.6) is 0 Å². The molecule has 0 saturated carbocycles. The molecule has 1 aromatic carbocycles. The lowest BCUT2D eigenvalue weighted by Crippen LogP contribution is -2.45. The third kappa shape index (κ3) is 3.60. The van der Waals surface area contributed by atoms with Crippen molar-refractivity contribution >= 4 is 26.7 Å². The van der Waals surface area contributed by atoms with E-state index in [1.165, 1.54) is 18.2 Å². The van der Waals surface area contributed by atoms with Crippen molar-refractivity contribution in [2.75, 3.05) is 24.7 Å². The van der Waals surface area contributed by atoms with Gasteiger partial charge < -0.3 is 14.1 Å². The van der Waals surface area contributed by atoms with Crippen LogP contribution in [-0.2, 0) is 14.6 Å². The highest BCUT2D eigenvalue weighted by molar-refractivity contribution is 7.91. The molecule has 0 aliphatic carbocycles. The zero-order valence-electron chi connectivity index (χ0n) is 15.1. The van der Waals surface area contributed by atoms with Crippen molar-refractivity contribution in [2.45, 2.75) is 38.3 Å². The normalized spacial score (nSPS) is 24.5. The number of hydrogen-bond donors (Lipinski definition) is 0. The molecule has 0 spiro atoms. The van der Waals surface area contributed by atoms with Crippen LogP contribution in [-0.4, -0.2) is 56.0 Å². The largest absolute Gasteiger partial charge is 0.451 e. The first kappa shape index (κ1) is 18.4. The summed E-state index contributed by atoms with van der Waals surface area (Å²) in [6.45, 7) is 2.70. The van der Waals surface area contributed by atoms with E-state index in [4.69, 9.17) is 9.15 Å². The van der Waals surface area contributed by atoms with Crippen LogP contribution in [0.2, 0.25) is 0 Å². The first-order valence-electron chi connectivity index (χ1n) is 9.16. The number of benzene rings is 1. The summed E-state index contributed by atoms with van der Waals surface area (Å²) in [7, 11) is -3.15. The van der Waals surface area contributed by atoms with Gasteiger partial charge in [-0.1, -0.05) is 0 Å². The predicted molar refractivity (Wildman–Crippen MR) is 98.0 cm³/mol. The van der Waals surface area contributed by atoms with E-state index in [9.17, 15) is 17.6 Å². The zero-order valence-corrected chi connectivity index (χ0v) is 15.9. The highest BCUT2D eigenvalue weighted by Crippen LogP contribution is 2.29. The third-order valence-corrected chi connectivity index (χ3v) is 7.18. The Bertz CT molecular complexity index is 977. The number of amides is 1. The summed E-state index contributed by atoms with van der Waals surface area (Å²) < 4.78 is 48.9. The summed E-state index contributed by atoms with van der Waals surface area (Å²) in [6.07, 6.45) is 2.08. The molecular formula is C19H22FNO5S. The maximum absolute atomic E-state index is 13.6. The van der Waals surface area contributed by atoms with Crippen molar-refractivity contribution in [1.29, 1.82) is 0 Å². The number of fused-ring (bicyclic) bond motifs is 1. The number of sulfone groups is 1. The number of nitrogens with zero attached hydrogens (tertiary/aromatic N) is 1. The van der Waals surface area contributed by atoms with E-state index >= 15 is 0 Å². The van der Waals surface area contributed by atoms with Crippen LogP contribution < -0.4 is 0 Å². The summed E-state index contributed by atoms with van der Waals surface area (Å²) in [4.78, 5) is 14.9. The highest BCUT2D eigenvalue weighted by atomic mass is 32.2. The lowest BCUT2D eigenvalue weighted by Gasteiger charge is -2.30. The van der Waals surface area contributed by atoms with Gasteiger partial charge in [-0.3, -0.25) is 4.79 Å². The van der Waals surface area contributed by atoms with Gasteiger partial charge in [0.25, 0.3) is 5.91 Å². The number of rotatable bonds is 4. The molecule has 2 aliphatic rings. The van der Waals surface area contributed by atoms with E-state index in [1.54, 1.807) is 11.8 Å². The second kappa shape index (κ2) is 6.91. The molecule has 0 bridgehead atoms. The summed E-state index contributed by atoms with van der Waals surface area (Å²) in [6, 6.07) is 3.73. The number of aryl methyl sites for hydroxylation is 1. The Balaban J connectivity index is 1.68. The molecule has 1 amide bonds. The van der Waals surface area contributed by atoms with Crippen molar-refractivity contribution in [3.8, 4) is 0 Å². The van der Waals surface area contributed by atoms with Gasteiger partial charge in [0.1, 0.15) is 11.4 Å². The zero-order chi connectivity index (χ0) is 19.2. The maximum atomic E-state index is 13.6. The Morgan fingerprint density at radius 1 is 1.33 bits per heavy atom. The molecule has 2 unspecified atom stereocenters. The van der Waals surface area contributed by atoms with Crippen LogP contribution in [0.4, 0.5) is 4.39 Å². The van der Waals surface area contributed by atoms with Gasteiger partial charge in [0.05, 0.1) is 17.6 Å². The minimum atomic E-state index is -3.15. The second-order valence-corrected chi connectivity index (χ2v) is 9.57. The molecule has 2 aliphatic heterocycles. The molecule has 3 heterocycles. The van der Waals surface area contributed by atoms with Crippen LogP contribution in [0.25, 0.3) is 11.0 Å². The number of carbonyl (C=O) groups excluding carboxylic acids is 1. The van der Waals surface area contributed by atoms with E-state index < -0.39 is 21.7 Å². The molecule has 1 aromatic heterocycles. The third-order valence-electron chi connectivity index (χ3n) is 5.43. The molecule has 2 aromatic rings. The average molecular weight is 395 g/mol. The van der Waals surface area contributed by atoms with Gasteiger partial charge in [-0.25, -0.2) is 12.8 Å². The lowest BCUT2D eigenvalue weighted by molar-refractivity contribution is 0.0419. The number of ether oxygens (including phenoxy) is 1. The molecule has 2 atom stereocenters. The Hall–Kier alpha value is -1.93. The summed E-state index contributed by atoms with van der Waals surface area (Å²) in [5, 5.41) is 0.550. The number of carbonyl (C=O) groups is 1. The fraction of sp³-hybridized carbons (Fsp3) is 0.526. The number of hydrogen-bond acceptors (Lipinski definition) is 5. The quantitative estimate of drug-likeness (QED) is 0.796. The fourth-order valence-corrected chi connectivity index (χ4v) is 5.68. The molecule has 0 radical (unpaired) electrons. The van der Waals surface area contributed by atoms with Crippen molar-refractivity contribution in [1.82, 2.24) is 4.90 Å². The smallest absolute Gasteiger partial charge is 0.290 e. The lowest BCUT2D eigenvalue weighted by atomic mass is 10.1. The van der Waals surface area contributed by atoms with Crippen LogP contribution in [0.1, 0.15) is 35.4 Å². The van der Waals surface area contributed by atoms with E-state index in [0.717, 1.165) is 12.8 Å². The van der Waals surface area contributed by atoms with Gasteiger partial charge in [-0.05, 0) is 44.4 Å². The Morgan fingerprint density at radius 3 is 2.81 bits per heavy atom. The van der Waals surface area contributed by atoms with Gasteiger partial charge in [-0.15, -0.1) is 0 Å². The van der Waals surface area contributed by atoms with Crippen molar-refractivity contribution in [3.63, 3.8) is 0 Å². The molecule has 146 valence electrons. The maximum Gasteiger partial charge on any atom is 0.290 e. The first-order valence-corrected chi connectivity index (χ1v) is 11.0. The molecule has 2 saturated heterocycles. The van der Waals surface area contributed by atoms with E-state index in [2.05, 4.69) is 0 Å². The molecule has 0 N–H and O–H groups in total. The summed E-state index contributed by atoms with van der Waals surface area (Å²) >= 11 is 0. The molecule has 6 nitrogen and oxygen atoms in total. The van der Waals surface area contributed by atoms with Gasteiger partial charge >= 0.3 is 0 Å². The number of halogens is 1. The predicted octanol–water partition coefficient (Wildman–Crippen LogP) is 2.69. The van der Waals surface area contributed by atoms with Gasteiger partial charge in [0, 0.05) is 30.1 Å². The molecule has 27 heavy (non-hydrogen) atoms. The van der Waals surface area contributed by atoms with E-state index in [0.29, 0.717) is 36.1 Å². The van der Waals surface area contributed by atoms with Gasteiger partial charge in [0.2, 0.25) is 0 Å². The van der Waals surface area contributed by atoms with Crippen molar-refractivity contribution in [2.24, 2.45) is 0 Å². The molecule has 4 rings (SSSR count). The standard InChI is InChI=1S/C19H22FNO5S/c1-12-16-9-13(20)4-5-17(16)26-18(12)19(22)21(10-15-3-2-7-25-15)14-6-8-27(23,24)11-14/h4-5,9,14-15H,2-3,6-8,10-11H2,1H3. The van der Waals surface area contributed by atoms with Crippen molar-refractivity contribution < 1.29 is 26.8 Å². The minimum Gasteiger partial charge on any atom is -0.451 e. The number of furan rings is 1. The summed E-state index contributed by atoms with van der Waals surface area (Å²) in [5.74, 6) is -0.584. The van der Waals surface area contributed by atoms with Crippen LogP contribution in [0.15, 0.2) is 22.6 Å². The molecule has 2 fully saturated rings. The van der Waals surface area contributed by atoms with Crippen molar-refractivity contribution in [3.05, 3.63) is 35.3 Å². The topological polar surface area (TPSA) is 76.8 Å².